The van der Waals surface area contributed by atoms with Crippen molar-refractivity contribution in [2.24, 2.45) is 0 Å². The summed E-state index contributed by atoms with van der Waals surface area (Å²) in [6.45, 7) is 1.72. The highest BCUT2D eigenvalue weighted by molar-refractivity contribution is 7.11. The molecule has 0 saturated heterocycles. The molecule has 0 aliphatic rings. The van der Waals surface area contributed by atoms with Gasteiger partial charge in [0, 0.05) is 5.56 Å². The van der Waals surface area contributed by atoms with E-state index in [1.54, 1.807) is 36.7 Å². The van der Waals surface area contributed by atoms with Crippen LogP contribution in [0.4, 0.5) is 0 Å². The fourth-order valence-electron chi connectivity index (χ4n) is 2.19. The summed E-state index contributed by atoms with van der Waals surface area (Å²) in [4.78, 5) is 16.6. The molecule has 0 radical (unpaired) electrons. The first-order valence-electron chi connectivity index (χ1n) is 7.51. The Labute approximate surface area is 149 Å². The third kappa shape index (κ3) is 4.03. The number of aryl methyl sites for hydroxylation is 1. The highest BCUT2D eigenvalue weighted by Gasteiger charge is 2.21. The van der Waals surface area contributed by atoms with Crippen molar-refractivity contribution in [3.63, 3.8) is 0 Å². The van der Waals surface area contributed by atoms with Crippen molar-refractivity contribution in [3.05, 3.63) is 76.2 Å². The summed E-state index contributed by atoms with van der Waals surface area (Å²) in [5, 5.41) is 9.40. The average Bonchev–Trinajstić information content (AvgIpc) is 3.07. The fraction of sp³-hybridized carbons (Fsp3) is 0.105. The standard InChI is InChI=1S/C19H14N2O3S/c1-13-18(25-12-21-13)19(22)24-17(11-20)14-6-5-9-16(10-14)23-15-7-3-2-4-8-15/h2-10,12,17H,1H3/t17-/m0/s1. The van der Waals surface area contributed by atoms with E-state index in [1.807, 2.05) is 36.4 Å². The molecule has 5 nitrogen and oxygen atoms in total. The lowest BCUT2D eigenvalue weighted by Crippen LogP contribution is -2.10. The first-order chi connectivity index (χ1) is 12.2. The number of carbonyl (C=O) groups excluding carboxylic acids is 1. The van der Waals surface area contributed by atoms with E-state index in [9.17, 15) is 10.1 Å². The zero-order valence-electron chi connectivity index (χ0n) is 13.4. The number of hydrogen-bond acceptors (Lipinski definition) is 6. The second-order valence-electron chi connectivity index (χ2n) is 5.17. The van der Waals surface area contributed by atoms with Crippen LogP contribution < -0.4 is 4.74 Å². The molecule has 0 amide bonds. The zero-order valence-corrected chi connectivity index (χ0v) is 14.2. The number of benzene rings is 2. The van der Waals surface area contributed by atoms with Crippen molar-refractivity contribution < 1.29 is 14.3 Å². The van der Waals surface area contributed by atoms with E-state index in [4.69, 9.17) is 9.47 Å². The molecule has 0 bridgehead atoms. The molecular formula is C19H14N2O3S. The number of ether oxygens (including phenoxy) is 2. The predicted molar refractivity (Wildman–Crippen MR) is 93.6 cm³/mol. The maximum absolute atomic E-state index is 12.2. The summed E-state index contributed by atoms with van der Waals surface area (Å²) < 4.78 is 11.1. The lowest BCUT2D eigenvalue weighted by atomic mass is 10.1. The van der Waals surface area contributed by atoms with E-state index in [-0.39, 0.29) is 0 Å². The van der Waals surface area contributed by atoms with Crippen LogP contribution >= 0.6 is 11.3 Å². The maximum atomic E-state index is 12.2. The van der Waals surface area contributed by atoms with Crippen LogP contribution in [0.25, 0.3) is 0 Å². The highest BCUT2D eigenvalue weighted by atomic mass is 32.1. The van der Waals surface area contributed by atoms with E-state index < -0.39 is 12.1 Å². The van der Waals surface area contributed by atoms with Crippen molar-refractivity contribution in [1.29, 1.82) is 5.26 Å². The van der Waals surface area contributed by atoms with E-state index in [2.05, 4.69) is 4.98 Å². The van der Waals surface area contributed by atoms with E-state index in [0.717, 1.165) is 0 Å². The van der Waals surface area contributed by atoms with Gasteiger partial charge in [0.15, 0.2) is 0 Å². The number of hydrogen-bond donors (Lipinski definition) is 0. The number of aromatic nitrogens is 1. The number of para-hydroxylation sites is 1. The van der Waals surface area contributed by atoms with Crippen LogP contribution in [0.3, 0.4) is 0 Å². The minimum absolute atomic E-state index is 0.400. The Morgan fingerprint density at radius 3 is 2.60 bits per heavy atom. The molecule has 0 aliphatic carbocycles. The highest BCUT2D eigenvalue weighted by Crippen LogP contribution is 2.27. The maximum Gasteiger partial charge on any atom is 0.351 e. The van der Waals surface area contributed by atoms with Crippen LogP contribution in [-0.2, 0) is 4.74 Å². The molecule has 6 heteroatoms. The second kappa shape index (κ2) is 7.60. The second-order valence-corrected chi connectivity index (χ2v) is 6.02. The van der Waals surface area contributed by atoms with Crippen molar-refractivity contribution >= 4 is 17.3 Å². The molecule has 2 aromatic carbocycles. The molecule has 0 aliphatic heterocycles. The summed E-state index contributed by atoms with van der Waals surface area (Å²) in [6.07, 6.45) is -1.02. The molecule has 0 fully saturated rings. The number of nitrogens with zero attached hydrogens (tertiary/aromatic N) is 2. The lowest BCUT2D eigenvalue weighted by Gasteiger charge is -2.12. The van der Waals surface area contributed by atoms with E-state index >= 15 is 0 Å². The molecule has 0 saturated carbocycles. The smallest absolute Gasteiger partial charge is 0.351 e. The van der Waals surface area contributed by atoms with Gasteiger partial charge in [0.25, 0.3) is 0 Å². The van der Waals surface area contributed by atoms with Gasteiger partial charge in [-0.15, -0.1) is 11.3 Å². The molecular weight excluding hydrogens is 336 g/mol. The van der Waals surface area contributed by atoms with Gasteiger partial charge >= 0.3 is 5.97 Å². The quantitative estimate of drug-likeness (QED) is 0.626. The number of carbonyl (C=O) groups is 1. The molecule has 1 aromatic heterocycles. The molecule has 25 heavy (non-hydrogen) atoms. The lowest BCUT2D eigenvalue weighted by molar-refractivity contribution is 0.0408. The van der Waals surface area contributed by atoms with Crippen LogP contribution in [0.2, 0.25) is 0 Å². The van der Waals surface area contributed by atoms with Crippen LogP contribution in [0, 0.1) is 18.3 Å². The van der Waals surface area contributed by atoms with Gasteiger partial charge in [-0.1, -0.05) is 30.3 Å². The molecule has 3 rings (SSSR count). The summed E-state index contributed by atoms with van der Waals surface area (Å²) in [7, 11) is 0. The SMILES string of the molecule is Cc1ncsc1C(=O)O[C@@H](C#N)c1cccc(Oc2ccccc2)c1. The minimum atomic E-state index is -1.02. The third-order valence-corrected chi connectivity index (χ3v) is 4.32. The monoisotopic (exact) mass is 350 g/mol. The average molecular weight is 350 g/mol. The largest absolute Gasteiger partial charge is 0.457 e. The fourth-order valence-corrected chi connectivity index (χ4v) is 2.88. The normalized spacial score (nSPS) is 11.4. The Hall–Kier alpha value is -3.17. The van der Waals surface area contributed by atoms with Crippen molar-refractivity contribution in [2.45, 2.75) is 13.0 Å². The topological polar surface area (TPSA) is 72.2 Å². The predicted octanol–water partition coefficient (Wildman–Crippen LogP) is 4.67. The Bertz CT molecular complexity index is 916. The van der Waals surface area contributed by atoms with Gasteiger partial charge < -0.3 is 9.47 Å². The van der Waals surface area contributed by atoms with Crippen molar-refractivity contribution in [2.75, 3.05) is 0 Å². The Balaban J connectivity index is 1.77. The first-order valence-corrected chi connectivity index (χ1v) is 8.39. The molecule has 3 aromatic rings. The third-order valence-electron chi connectivity index (χ3n) is 3.41. The summed E-state index contributed by atoms with van der Waals surface area (Å²) in [5.41, 5.74) is 2.71. The Morgan fingerprint density at radius 2 is 1.92 bits per heavy atom. The van der Waals surface area contributed by atoms with Gasteiger partial charge in [0.05, 0.1) is 11.2 Å². The van der Waals surface area contributed by atoms with Gasteiger partial charge in [0.2, 0.25) is 6.10 Å². The van der Waals surface area contributed by atoms with E-state index in [0.29, 0.717) is 27.6 Å². The van der Waals surface area contributed by atoms with Gasteiger partial charge in [-0.25, -0.2) is 9.78 Å². The van der Waals surface area contributed by atoms with Gasteiger partial charge in [-0.3, -0.25) is 0 Å². The van der Waals surface area contributed by atoms with Gasteiger partial charge in [-0.05, 0) is 31.2 Å². The summed E-state index contributed by atoms with van der Waals surface area (Å²) in [6, 6.07) is 18.3. The van der Waals surface area contributed by atoms with Crippen LogP contribution in [-0.4, -0.2) is 11.0 Å². The van der Waals surface area contributed by atoms with Gasteiger partial charge in [-0.2, -0.15) is 5.26 Å². The zero-order chi connectivity index (χ0) is 17.6. The van der Waals surface area contributed by atoms with Crippen LogP contribution in [0.1, 0.15) is 27.0 Å². The molecule has 0 N–H and O–H groups in total. The molecule has 0 unspecified atom stereocenters. The number of nitriles is 1. The van der Waals surface area contributed by atoms with Crippen molar-refractivity contribution in [3.8, 4) is 17.6 Å². The van der Waals surface area contributed by atoms with E-state index in [1.165, 1.54) is 11.3 Å². The Kier molecular flexibility index (Phi) is 5.07. The van der Waals surface area contributed by atoms with Crippen LogP contribution in [0.15, 0.2) is 60.1 Å². The number of esters is 1. The number of thiazole rings is 1. The van der Waals surface area contributed by atoms with Crippen LogP contribution in [0.5, 0.6) is 11.5 Å². The Morgan fingerprint density at radius 1 is 1.16 bits per heavy atom. The summed E-state index contributed by atoms with van der Waals surface area (Å²) >= 11 is 1.19. The molecule has 124 valence electrons. The molecule has 1 heterocycles. The molecule has 1 atom stereocenters. The summed E-state index contributed by atoms with van der Waals surface area (Å²) in [5.74, 6) is 0.695. The first kappa shape index (κ1) is 16.7. The van der Waals surface area contributed by atoms with Gasteiger partial charge in [0.1, 0.15) is 22.4 Å². The van der Waals surface area contributed by atoms with Crippen molar-refractivity contribution in [1.82, 2.24) is 4.98 Å². The minimum Gasteiger partial charge on any atom is -0.457 e. The number of rotatable bonds is 5. The molecule has 0 spiro atoms.